The first kappa shape index (κ1) is 12.2. The summed E-state index contributed by atoms with van der Waals surface area (Å²) in [6.07, 6.45) is 1.65. The van der Waals surface area contributed by atoms with Crippen LogP contribution in [-0.2, 0) is 23.2 Å². The third-order valence-corrected chi connectivity index (χ3v) is 2.55. The van der Waals surface area contributed by atoms with Gasteiger partial charge in [-0.3, -0.25) is 14.3 Å². The fourth-order valence-electron chi connectivity index (χ4n) is 1.17. The summed E-state index contributed by atoms with van der Waals surface area (Å²) >= 11 is 0. The van der Waals surface area contributed by atoms with Crippen molar-refractivity contribution in [2.75, 3.05) is 0 Å². The van der Waals surface area contributed by atoms with Crippen molar-refractivity contribution in [1.82, 2.24) is 15.1 Å². The fraction of sp³-hybridized carbons (Fsp3) is 0.500. The molecule has 88 valence electrons. The largest absolute Gasteiger partial charge is 0.481 e. The lowest BCUT2D eigenvalue weighted by atomic mass is 10.1. The van der Waals surface area contributed by atoms with Crippen molar-refractivity contribution in [2.24, 2.45) is 13.0 Å². The molecule has 0 fully saturated rings. The Morgan fingerprint density at radius 1 is 1.62 bits per heavy atom. The average Bonchev–Trinajstić information content (AvgIpc) is 2.55. The zero-order valence-electron chi connectivity index (χ0n) is 9.52. The number of hydrogen-bond donors (Lipinski definition) is 2. The average molecular weight is 225 g/mol. The van der Waals surface area contributed by atoms with Gasteiger partial charge in [0, 0.05) is 24.8 Å². The second-order valence-corrected chi connectivity index (χ2v) is 3.66. The number of nitrogens with one attached hydrogen (secondary N) is 1. The van der Waals surface area contributed by atoms with E-state index in [4.69, 9.17) is 5.11 Å². The topological polar surface area (TPSA) is 84.2 Å². The van der Waals surface area contributed by atoms with E-state index in [1.807, 2.05) is 6.92 Å². The van der Waals surface area contributed by atoms with Gasteiger partial charge in [-0.05, 0) is 13.8 Å². The van der Waals surface area contributed by atoms with Crippen LogP contribution in [0.1, 0.15) is 18.2 Å². The molecule has 0 aromatic carbocycles. The van der Waals surface area contributed by atoms with Crippen LogP contribution in [0, 0.1) is 12.8 Å². The highest BCUT2D eigenvalue weighted by Gasteiger charge is 2.20. The maximum atomic E-state index is 11.4. The summed E-state index contributed by atoms with van der Waals surface area (Å²) in [7, 11) is 1.81. The Hall–Kier alpha value is -1.85. The highest BCUT2D eigenvalue weighted by Crippen LogP contribution is 2.05. The molecule has 0 bridgehead atoms. The smallest absolute Gasteiger partial charge is 0.315 e. The Balaban J connectivity index is 2.55. The molecule has 2 N–H and O–H groups in total. The van der Waals surface area contributed by atoms with Crippen molar-refractivity contribution in [1.29, 1.82) is 0 Å². The molecule has 1 aromatic heterocycles. The number of carbonyl (C=O) groups is 2. The van der Waals surface area contributed by atoms with E-state index >= 15 is 0 Å². The highest BCUT2D eigenvalue weighted by atomic mass is 16.4. The Morgan fingerprint density at radius 3 is 2.69 bits per heavy atom. The number of carboxylic acid groups (broad SMARTS) is 1. The molecule has 0 radical (unpaired) electrons. The predicted octanol–water partition coefficient (Wildman–Crippen LogP) is 0.0654. The summed E-state index contributed by atoms with van der Waals surface area (Å²) in [5, 5.41) is 15.2. The van der Waals surface area contributed by atoms with E-state index in [0.717, 1.165) is 11.3 Å². The molecule has 1 aromatic rings. The van der Waals surface area contributed by atoms with Gasteiger partial charge in [0.05, 0.1) is 6.20 Å². The zero-order valence-corrected chi connectivity index (χ0v) is 9.52. The van der Waals surface area contributed by atoms with Crippen LogP contribution in [0.4, 0.5) is 0 Å². The van der Waals surface area contributed by atoms with Crippen LogP contribution in [0.2, 0.25) is 0 Å². The van der Waals surface area contributed by atoms with Gasteiger partial charge in [-0.15, -0.1) is 0 Å². The molecule has 0 spiro atoms. The molecule has 1 unspecified atom stereocenters. The number of rotatable bonds is 4. The van der Waals surface area contributed by atoms with Crippen LogP contribution < -0.4 is 5.32 Å². The molecule has 1 rings (SSSR count). The van der Waals surface area contributed by atoms with Crippen LogP contribution in [0.5, 0.6) is 0 Å². The lowest BCUT2D eigenvalue weighted by molar-refractivity contribution is -0.146. The van der Waals surface area contributed by atoms with Gasteiger partial charge < -0.3 is 10.4 Å². The van der Waals surface area contributed by atoms with Crippen LogP contribution in [0.3, 0.4) is 0 Å². The number of aromatic nitrogens is 2. The van der Waals surface area contributed by atoms with Gasteiger partial charge in [-0.25, -0.2) is 0 Å². The third-order valence-electron chi connectivity index (χ3n) is 2.55. The zero-order chi connectivity index (χ0) is 12.3. The number of nitrogens with zero attached hydrogens (tertiary/aromatic N) is 2. The SMILES string of the molecule is Cc1c(CNC(=O)C(C)C(=O)O)cnn1C. The first-order valence-electron chi connectivity index (χ1n) is 4.91. The standard InChI is InChI=1S/C10H15N3O3/c1-6(10(15)16)9(14)11-4-8-5-12-13(3)7(8)2/h5-6H,4H2,1-3H3,(H,11,14)(H,15,16). The van der Waals surface area contributed by atoms with E-state index in [9.17, 15) is 9.59 Å². The van der Waals surface area contributed by atoms with E-state index in [2.05, 4.69) is 10.4 Å². The monoisotopic (exact) mass is 225 g/mol. The first-order valence-corrected chi connectivity index (χ1v) is 4.91. The van der Waals surface area contributed by atoms with Crippen LogP contribution in [-0.4, -0.2) is 26.8 Å². The summed E-state index contributed by atoms with van der Waals surface area (Å²) in [5.74, 6) is -2.65. The van der Waals surface area contributed by atoms with Crippen molar-refractivity contribution in [3.05, 3.63) is 17.5 Å². The van der Waals surface area contributed by atoms with Crippen LogP contribution >= 0.6 is 0 Å². The Morgan fingerprint density at radius 2 is 2.25 bits per heavy atom. The van der Waals surface area contributed by atoms with Crippen molar-refractivity contribution in [2.45, 2.75) is 20.4 Å². The molecule has 0 aliphatic carbocycles. The van der Waals surface area contributed by atoms with Gasteiger partial charge >= 0.3 is 5.97 Å². The Labute approximate surface area is 93.3 Å². The number of amides is 1. The van der Waals surface area contributed by atoms with Gasteiger partial charge in [0.15, 0.2) is 0 Å². The molecule has 6 heteroatoms. The number of hydrogen-bond acceptors (Lipinski definition) is 3. The van der Waals surface area contributed by atoms with Crippen molar-refractivity contribution >= 4 is 11.9 Å². The lowest BCUT2D eigenvalue weighted by Crippen LogP contribution is -2.33. The minimum absolute atomic E-state index is 0.302. The van der Waals surface area contributed by atoms with E-state index in [1.54, 1.807) is 17.9 Å². The first-order chi connectivity index (χ1) is 7.43. The molecule has 1 atom stereocenters. The van der Waals surface area contributed by atoms with E-state index in [1.165, 1.54) is 6.92 Å². The summed E-state index contributed by atoms with van der Waals surface area (Å²) < 4.78 is 1.70. The Bertz CT molecular complexity index is 411. The predicted molar refractivity (Wildman–Crippen MR) is 56.6 cm³/mol. The molecule has 0 saturated carbocycles. The lowest BCUT2D eigenvalue weighted by Gasteiger charge is -2.07. The second-order valence-electron chi connectivity index (χ2n) is 3.66. The van der Waals surface area contributed by atoms with Crippen LogP contribution in [0.15, 0.2) is 6.20 Å². The van der Waals surface area contributed by atoms with Crippen molar-refractivity contribution < 1.29 is 14.7 Å². The summed E-state index contributed by atoms with van der Waals surface area (Å²) in [5.41, 5.74) is 1.83. The molecular weight excluding hydrogens is 210 g/mol. The van der Waals surface area contributed by atoms with Crippen molar-refractivity contribution in [3.8, 4) is 0 Å². The minimum Gasteiger partial charge on any atom is -0.481 e. The maximum Gasteiger partial charge on any atom is 0.315 e. The molecule has 16 heavy (non-hydrogen) atoms. The normalized spacial score (nSPS) is 12.2. The molecule has 0 aliphatic rings. The van der Waals surface area contributed by atoms with Crippen LogP contribution in [0.25, 0.3) is 0 Å². The molecule has 0 saturated heterocycles. The fourth-order valence-corrected chi connectivity index (χ4v) is 1.17. The van der Waals surface area contributed by atoms with Gasteiger partial charge in [0.25, 0.3) is 0 Å². The third kappa shape index (κ3) is 2.59. The number of carboxylic acids is 1. The molecular formula is C10H15N3O3. The van der Waals surface area contributed by atoms with E-state index in [-0.39, 0.29) is 0 Å². The Kier molecular flexibility index (Phi) is 3.65. The van der Waals surface area contributed by atoms with Gasteiger partial charge in [-0.2, -0.15) is 5.10 Å². The molecule has 6 nitrogen and oxygen atoms in total. The number of aliphatic carboxylic acids is 1. The second kappa shape index (κ2) is 4.78. The van der Waals surface area contributed by atoms with Gasteiger partial charge in [-0.1, -0.05) is 0 Å². The molecule has 1 amide bonds. The number of aryl methyl sites for hydroxylation is 1. The maximum absolute atomic E-state index is 11.4. The van der Waals surface area contributed by atoms with Crippen molar-refractivity contribution in [3.63, 3.8) is 0 Å². The quantitative estimate of drug-likeness (QED) is 0.710. The van der Waals surface area contributed by atoms with Gasteiger partial charge in [0.1, 0.15) is 5.92 Å². The molecule has 0 aliphatic heterocycles. The minimum atomic E-state index is -1.12. The number of carbonyl (C=O) groups excluding carboxylic acids is 1. The van der Waals surface area contributed by atoms with Gasteiger partial charge in [0.2, 0.25) is 5.91 Å². The molecule has 1 heterocycles. The summed E-state index contributed by atoms with van der Waals surface area (Å²) in [4.78, 5) is 21.9. The summed E-state index contributed by atoms with van der Waals surface area (Å²) in [6.45, 7) is 3.54. The van der Waals surface area contributed by atoms with E-state index in [0.29, 0.717) is 6.54 Å². The highest BCUT2D eigenvalue weighted by molar-refractivity contribution is 5.96. The van der Waals surface area contributed by atoms with E-state index < -0.39 is 17.8 Å². The summed E-state index contributed by atoms with van der Waals surface area (Å²) in [6, 6.07) is 0.